The Morgan fingerprint density at radius 3 is 2.83 bits per heavy atom. The Labute approximate surface area is 79.8 Å². The van der Waals surface area contributed by atoms with Crippen molar-refractivity contribution in [2.24, 2.45) is 0 Å². The quantitative estimate of drug-likeness (QED) is 0.802. The third kappa shape index (κ3) is 1.35. The molecule has 2 aromatic rings. The Balaban J connectivity index is 2.50. The summed E-state index contributed by atoms with van der Waals surface area (Å²) in [7, 11) is 0. The molecule has 0 amide bonds. The maximum Gasteiger partial charge on any atom is 0.340 e. The summed E-state index contributed by atoms with van der Waals surface area (Å²) >= 11 is 4.84. The standard InChI is InChI=1S/C6H4BrN3OS/c7-4-2-1-3(12-4)5-8-6(11)10-9-5/h1-2H,(H2,8,9,10,11). The molecule has 0 aromatic carbocycles. The van der Waals surface area contributed by atoms with E-state index in [2.05, 4.69) is 31.1 Å². The summed E-state index contributed by atoms with van der Waals surface area (Å²) < 4.78 is 1.02. The summed E-state index contributed by atoms with van der Waals surface area (Å²) in [6.07, 6.45) is 0. The summed E-state index contributed by atoms with van der Waals surface area (Å²) in [6, 6.07) is 3.80. The molecule has 12 heavy (non-hydrogen) atoms. The van der Waals surface area contributed by atoms with E-state index >= 15 is 0 Å². The molecule has 0 radical (unpaired) electrons. The highest BCUT2D eigenvalue weighted by Gasteiger charge is 2.03. The highest BCUT2D eigenvalue weighted by molar-refractivity contribution is 9.11. The average Bonchev–Trinajstić information content (AvgIpc) is 2.58. The van der Waals surface area contributed by atoms with Crippen LogP contribution < -0.4 is 5.69 Å². The van der Waals surface area contributed by atoms with Crippen molar-refractivity contribution >= 4 is 27.3 Å². The van der Waals surface area contributed by atoms with E-state index in [1.165, 1.54) is 11.3 Å². The van der Waals surface area contributed by atoms with E-state index in [0.29, 0.717) is 5.82 Å². The molecule has 0 spiro atoms. The normalized spacial score (nSPS) is 10.4. The van der Waals surface area contributed by atoms with Crippen LogP contribution in [0.25, 0.3) is 10.7 Å². The molecule has 4 nitrogen and oxygen atoms in total. The van der Waals surface area contributed by atoms with E-state index in [0.717, 1.165) is 8.66 Å². The number of rotatable bonds is 1. The fraction of sp³-hybridized carbons (Fsp3) is 0. The molecule has 0 aliphatic heterocycles. The molecule has 2 aromatic heterocycles. The Morgan fingerprint density at radius 1 is 1.50 bits per heavy atom. The van der Waals surface area contributed by atoms with E-state index in [-0.39, 0.29) is 5.69 Å². The molecule has 0 saturated carbocycles. The molecule has 0 bridgehead atoms. The zero-order valence-corrected chi connectivity index (χ0v) is 8.20. The summed E-state index contributed by atoms with van der Waals surface area (Å²) in [4.78, 5) is 14.2. The van der Waals surface area contributed by atoms with Crippen LogP contribution in [0, 0.1) is 0 Å². The zero-order chi connectivity index (χ0) is 8.55. The lowest BCUT2D eigenvalue weighted by Gasteiger charge is -1.83. The number of nitrogens with one attached hydrogen (secondary N) is 2. The van der Waals surface area contributed by atoms with E-state index in [9.17, 15) is 4.79 Å². The molecule has 6 heteroatoms. The van der Waals surface area contributed by atoms with Gasteiger partial charge in [-0.2, -0.15) is 5.10 Å². The first-order valence-electron chi connectivity index (χ1n) is 3.16. The van der Waals surface area contributed by atoms with Crippen LogP contribution in [0.5, 0.6) is 0 Å². The van der Waals surface area contributed by atoms with Crippen LogP contribution in [0.4, 0.5) is 0 Å². The van der Waals surface area contributed by atoms with Crippen LogP contribution in [0.1, 0.15) is 0 Å². The number of halogens is 1. The number of aromatic amines is 2. The van der Waals surface area contributed by atoms with Gasteiger partial charge in [0.15, 0.2) is 5.82 Å². The van der Waals surface area contributed by atoms with E-state index in [1.54, 1.807) is 0 Å². The Morgan fingerprint density at radius 2 is 2.33 bits per heavy atom. The molecule has 2 N–H and O–H groups in total. The minimum absolute atomic E-state index is 0.283. The van der Waals surface area contributed by atoms with Gasteiger partial charge < -0.3 is 0 Å². The van der Waals surface area contributed by atoms with Gasteiger partial charge in [0.05, 0.1) is 8.66 Å². The van der Waals surface area contributed by atoms with Gasteiger partial charge in [0.2, 0.25) is 0 Å². The molecule has 2 heterocycles. The van der Waals surface area contributed by atoms with Gasteiger partial charge in [0, 0.05) is 0 Å². The van der Waals surface area contributed by atoms with Crippen molar-refractivity contribution in [3.8, 4) is 10.7 Å². The number of nitrogens with zero attached hydrogens (tertiary/aromatic N) is 1. The Hall–Kier alpha value is -0.880. The summed E-state index contributed by atoms with van der Waals surface area (Å²) in [5, 5.41) is 6.10. The molecule has 0 atom stereocenters. The fourth-order valence-corrected chi connectivity index (χ4v) is 2.16. The van der Waals surface area contributed by atoms with Crippen LogP contribution in [0.3, 0.4) is 0 Å². The lowest BCUT2D eigenvalue weighted by atomic mass is 10.4. The minimum Gasteiger partial charge on any atom is -0.288 e. The maximum absolute atomic E-state index is 10.7. The van der Waals surface area contributed by atoms with Gasteiger partial charge in [-0.15, -0.1) is 11.3 Å². The Kier molecular flexibility index (Phi) is 1.86. The van der Waals surface area contributed by atoms with Crippen molar-refractivity contribution in [2.45, 2.75) is 0 Å². The SMILES string of the molecule is O=c1[nH]nc(-c2ccc(Br)s2)[nH]1. The highest BCUT2D eigenvalue weighted by Crippen LogP contribution is 2.27. The van der Waals surface area contributed by atoms with Crippen molar-refractivity contribution in [2.75, 3.05) is 0 Å². The molecule has 0 saturated heterocycles. The van der Waals surface area contributed by atoms with Crippen molar-refractivity contribution in [3.05, 3.63) is 26.4 Å². The second-order valence-electron chi connectivity index (χ2n) is 2.13. The maximum atomic E-state index is 10.7. The number of H-pyrrole nitrogens is 2. The molecule has 0 unspecified atom stereocenters. The van der Waals surface area contributed by atoms with Crippen molar-refractivity contribution in [1.29, 1.82) is 0 Å². The lowest BCUT2D eigenvalue weighted by Crippen LogP contribution is -2.00. The van der Waals surface area contributed by atoms with Crippen LogP contribution in [0.2, 0.25) is 0 Å². The topological polar surface area (TPSA) is 61.5 Å². The predicted molar refractivity (Wildman–Crippen MR) is 50.2 cm³/mol. The lowest BCUT2D eigenvalue weighted by molar-refractivity contribution is 1.05. The molecule has 0 aliphatic carbocycles. The molecular weight excluding hydrogens is 242 g/mol. The second-order valence-corrected chi connectivity index (χ2v) is 4.59. The van der Waals surface area contributed by atoms with Crippen molar-refractivity contribution in [1.82, 2.24) is 15.2 Å². The van der Waals surface area contributed by atoms with Gasteiger partial charge in [0.25, 0.3) is 0 Å². The monoisotopic (exact) mass is 245 g/mol. The molecular formula is C6H4BrN3OS. The summed E-state index contributed by atoms with van der Waals surface area (Å²) in [6.45, 7) is 0. The van der Waals surface area contributed by atoms with Gasteiger partial charge in [0.1, 0.15) is 0 Å². The fourth-order valence-electron chi connectivity index (χ4n) is 0.828. The van der Waals surface area contributed by atoms with Crippen LogP contribution in [-0.2, 0) is 0 Å². The predicted octanol–water partition coefficient (Wildman–Crippen LogP) is 1.59. The van der Waals surface area contributed by atoms with Crippen LogP contribution in [0.15, 0.2) is 20.7 Å². The van der Waals surface area contributed by atoms with E-state index in [4.69, 9.17) is 0 Å². The highest BCUT2D eigenvalue weighted by atomic mass is 79.9. The van der Waals surface area contributed by atoms with E-state index in [1.807, 2.05) is 12.1 Å². The average molecular weight is 246 g/mol. The number of hydrogen-bond acceptors (Lipinski definition) is 3. The molecule has 0 fully saturated rings. The Bertz CT molecular complexity index is 443. The van der Waals surface area contributed by atoms with Gasteiger partial charge in [-0.25, -0.2) is 9.89 Å². The third-order valence-corrected chi connectivity index (χ3v) is 2.94. The smallest absolute Gasteiger partial charge is 0.288 e. The minimum atomic E-state index is -0.283. The zero-order valence-electron chi connectivity index (χ0n) is 5.80. The van der Waals surface area contributed by atoms with Gasteiger partial charge in [-0.05, 0) is 28.1 Å². The van der Waals surface area contributed by atoms with Gasteiger partial charge in [-0.1, -0.05) is 0 Å². The summed E-state index contributed by atoms with van der Waals surface area (Å²) in [5.74, 6) is 0.579. The third-order valence-electron chi connectivity index (χ3n) is 1.31. The van der Waals surface area contributed by atoms with Crippen molar-refractivity contribution in [3.63, 3.8) is 0 Å². The molecule has 0 aliphatic rings. The molecule has 2 rings (SSSR count). The number of hydrogen-bond donors (Lipinski definition) is 2. The first kappa shape index (κ1) is 7.75. The largest absolute Gasteiger partial charge is 0.340 e. The second kappa shape index (κ2) is 2.87. The van der Waals surface area contributed by atoms with Gasteiger partial charge >= 0.3 is 5.69 Å². The van der Waals surface area contributed by atoms with Crippen LogP contribution in [-0.4, -0.2) is 15.2 Å². The van der Waals surface area contributed by atoms with Crippen LogP contribution >= 0.6 is 27.3 Å². The van der Waals surface area contributed by atoms with Gasteiger partial charge in [-0.3, -0.25) is 4.98 Å². The van der Waals surface area contributed by atoms with E-state index < -0.39 is 0 Å². The van der Waals surface area contributed by atoms with Crippen molar-refractivity contribution < 1.29 is 0 Å². The molecule has 62 valence electrons. The first-order chi connectivity index (χ1) is 5.75. The summed E-state index contributed by atoms with van der Waals surface area (Å²) in [5.41, 5.74) is -0.283. The number of thiophene rings is 1. The first-order valence-corrected chi connectivity index (χ1v) is 4.77. The number of aromatic nitrogens is 3.